The molecule has 0 radical (unpaired) electrons. The van der Waals surface area contributed by atoms with E-state index in [9.17, 15) is 9.59 Å². The highest BCUT2D eigenvalue weighted by Gasteiger charge is 2.11. The van der Waals surface area contributed by atoms with Crippen LogP contribution in [-0.4, -0.2) is 42.9 Å². The highest BCUT2D eigenvalue weighted by atomic mass is 16.2. The number of hydrogen-bond donors (Lipinski definition) is 2. The lowest BCUT2D eigenvalue weighted by Crippen LogP contribution is -2.34. The Kier molecular flexibility index (Phi) is 8.75. The summed E-state index contributed by atoms with van der Waals surface area (Å²) < 4.78 is 0. The molecule has 3 N–H and O–H groups in total. The highest BCUT2D eigenvalue weighted by Crippen LogP contribution is 1.96. The quantitative estimate of drug-likeness (QED) is 0.579. The molecule has 2 amide bonds. The van der Waals surface area contributed by atoms with Crippen molar-refractivity contribution in [1.29, 1.82) is 0 Å². The zero-order valence-corrected chi connectivity index (χ0v) is 10.3. The van der Waals surface area contributed by atoms with Crippen molar-refractivity contribution in [3.05, 3.63) is 0 Å². The standard InChI is InChI=1S/C11H23N3O2/c1-10(15)14(11(2)16)9-4-3-7-13-8-5-6-12/h13H,3-9,12H2,1-2H3. The van der Waals surface area contributed by atoms with Crippen molar-refractivity contribution in [1.82, 2.24) is 10.2 Å². The third-order valence-corrected chi connectivity index (χ3v) is 2.30. The molecule has 16 heavy (non-hydrogen) atoms. The molecule has 0 saturated carbocycles. The van der Waals surface area contributed by atoms with Gasteiger partial charge < -0.3 is 11.1 Å². The molecule has 0 unspecified atom stereocenters. The molecule has 0 atom stereocenters. The Morgan fingerprint density at radius 1 is 1.06 bits per heavy atom. The van der Waals surface area contributed by atoms with E-state index in [1.165, 1.54) is 18.7 Å². The molecule has 0 fully saturated rings. The van der Waals surface area contributed by atoms with E-state index in [0.29, 0.717) is 13.1 Å². The van der Waals surface area contributed by atoms with Gasteiger partial charge in [-0.2, -0.15) is 0 Å². The van der Waals surface area contributed by atoms with E-state index in [4.69, 9.17) is 5.73 Å². The molecule has 0 spiro atoms. The molecule has 0 aliphatic heterocycles. The smallest absolute Gasteiger partial charge is 0.226 e. The lowest BCUT2D eigenvalue weighted by Gasteiger charge is -2.16. The Balaban J connectivity index is 3.48. The Morgan fingerprint density at radius 3 is 2.12 bits per heavy atom. The van der Waals surface area contributed by atoms with Gasteiger partial charge in [0.05, 0.1) is 0 Å². The molecule has 5 heteroatoms. The van der Waals surface area contributed by atoms with Crippen molar-refractivity contribution in [2.45, 2.75) is 33.1 Å². The number of imide groups is 1. The molecule has 0 aliphatic carbocycles. The average Bonchev–Trinajstić information content (AvgIpc) is 2.21. The number of amides is 2. The summed E-state index contributed by atoms with van der Waals surface area (Å²) in [5, 5.41) is 3.25. The second-order valence-electron chi connectivity index (χ2n) is 3.79. The second kappa shape index (κ2) is 9.30. The molecule has 0 heterocycles. The fourth-order valence-electron chi connectivity index (χ4n) is 1.41. The molecule has 0 rings (SSSR count). The summed E-state index contributed by atoms with van der Waals surface area (Å²) in [5.74, 6) is -0.354. The molecule has 0 aliphatic rings. The van der Waals surface area contributed by atoms with Gasteiger partial charge in [0.25, 0.3) is 0 Å². The molecule has 0 saturated heterocycles. The van der Waals surface area contributed by atoms with E-state index < -0.39 is 0 Å². The summed E-state index contributed by atoms with van der Waals surface area (Å²) in [6.45, 7) is 5.89. The van der Waals surface area contributed by atoms with Crippen LogP contribution >= 0.6 is 0 Å². The van der Waals surface area contributed by atoms with Crippen LogP contribution in [0.2, 0.25) is 0 Å². The molecular formula is C11H23N3O2. The Morgan fingerprint density at radius 2 is 1.62 bits per heavy atom. The van der Waals surface area contributed by atoms with E-state index in [2.05, 4.69) is 5.32 Å². The predicted octanol–water partition coefficient (Wildman–Crippen LogP) is 0.100. The van der Waals surface area contributed by atoms with Gasteiger partial charge in [-0.25, -0.2) is 0 Å². The minimum atomic E-state index is -0.177. The summed E-state index contributed by atoms with van der Waals surface area (Å²) in [7, 11) is 0. The van der Waals surface area contributed by atoms with Crippen LogP contribution in [0.25, 0.3) is 0 Å². The molecule has 0 bridgehead atoms. The summed E-state index contributed by atoms with van der Waals surface area (Å²) in [6, 6.07) is 0. The first-order valence-corrected chi connectivity index (χ1v) is 5.79. The lowest BCUT2D eigenvalue weighted by molar-refractivity contribution is -0.142. The second-order valence-corrected chi connectivity index (χ2v) is 3.79. The highest BCUT2D eigenvalue weighted by molar-refractivity contribution is 5.92. The van der Waals surface area contributed by atoms with Crippen LogP contribution in [-0.2, 0) is 9.59 Å². The minimum absolute atomic E-state index is 0.177. The SMILES string of the molecule is CC(=O)N(CCCCNCCCN)C(C)=O. The topological polar surface area (TPSA) is 75.4 Å². The van der Waals surface area contributed by atoms with Crippen LogP contribution in [0.3, 0.4) is 0 Å². The van der Waals surface area contributed by atoms with Gasteiger partial charge in [-0.3, -0.25) is 14.5 Å². The fraction of sp³-hybridized carbons (Fsp3) is 0.818. The Hall–Kier alpha value is -0.940. The van der Waals surface area contributed by atoms with E-state index in [1.807, 2.05) is 0 Å². The molecule has 94 valence electrons. The van der Waals surface area contributed by atoms with Crippen LogP contribution < -0.4 is 11.1 Å². The van der Waals surface area contributed by atoms with Crippen LogP contribution in [0.5, 0.6) is 0 Å². The molecular weight excluding hydrogens is 206 g/mol. The van der Waals surface area contributed by atoms with Gasteiger partial charge in [0.1, 0.15) is 0 Å². The van der Waals surface area contributed by atoms with Crippen molar-refractivity contribution in [3.63, 3.8) is 0 Å². The summed E-state index contributed by atoms with van der Waals surface area (Å²) in [6.07, 6.45) is 2.78. The van der Waals surface area contributed by atoms with Crippen molar-refractivity contribution in [2.24, 2.45) is 5.73 Å². The first-order chi connectivity index (χ1) is 7.59. The van der Waals surface area contributed by atoms with Gasteiger partial charge >= 0.3 is 0 Å². The van der Waals surface area contributed by atoms with Crippen LogP contribution in [0.1, 0.15) is 33.1 Å². The van der Waals surface area contributed by atoms with Crippen molar-refractivity contribution < 1.29 is 9.59 Å². The number of nitrogens with zero attached hydrogens (tertiary/aromatic N) is 1. The predicted molar refractivity (Wildman–Crippen MR) is 63.8 cm³/mol. The van der Waals surface area contributed by atoms with Gasteiger partial charge in [0.2, 0.25) is 11.8 Å². The van der Waals surface area contributed by atoms with Crippen molar-refractivity contribution in [3.8, 4) is 0 Å². The maximum Gasteiger partial charge on any atom is 0.226 e. The molecule has 0 aromatic rings. The average molecular weight is 229 g/mol. The maximum absolute atomic E-state index is 11.1. The van der Waals surface area contributed by atoms with E-state index in [0.717, 1.165) is 32.4 Å². The Bertz CT molecular complexity index is 205. The van der Waals surface area contributed by atoms with Gasteiger partial charge in [0, 0.05) is 20.4 Å². The first-order valence-electron chi connectivity index (χ1n) is 5.79. The third-order valence-electron chi connectivity index (χ3n) is 2.30. The van der Waals surface area contributed by atoms with E-state index in [-0.39, 0.29) is 11.8 Å². The summed E-state index contributed by atoms with van der Waals surface area (Å²) >= 11 is 0. The van der Waals surface area contributed by atoms with Crippen LogP contribution in [0, 0.1) is 0 Å². The largest absolute Gasteiger partial charge is 0.330 e. The van der Waals surface area contributed by atoms with Crippen molar-refractivity contribution in [2.75, 3.05) is 26.2 Å². The van der Waals surface area contributed by atoms with Gasteiger partial charge in [-0.05, 0) is 38.9 Å². The first kappa shape index (κ1) is 15.1. The van der Waals surface area contributed by atoms with E-state index in [1.54, 1.807) is 0 Å². The molecule has 0 aromatic carbocycles. The fourth-order valence-corrected chi connectivity index (χ4v) is 1.41. The maximum atomic E-state index is 11.1. The summed E-state index contributed by atoms with van der Waals surface area (Å²) in [5.41, 5.74) is 5.35. The number of rotatable bonds is 8. The van der Waals surface area contributed by atoms with E-state index >= 15 is 0 Å². The zero-order chi connectivity index (χ0) is 12.4. The lowest BCUT2D eigenvalue weighted by atomic mass is 10.2. The number of carbonyl (C=O) groups is 2. The molecule has 0 aromatic heterocycles. The number of hydrogen-bond acceptors (Lipinski definition) is 4. The van der Waals surface area contributed by atoms with Gasteiger partial charge in [-0.15, -0.1) is 0 Å². The Labute approximate surface area is 97.4 Å². The zero-order valence-electron chi connectivity index (χ0n) is 10.3. The van der Waals surface area contributed by atoms with Gasteiger partial charge in [0.15, 0.2) is 0 Å². The van der Waals surface area contributed by atoms with Crippen LogP contribution in [0.4, 0.5) is 0 Å². The molecule has 5 nitrogen and oxygen atoms in total. The summed E-state index contributed by atoms with van der Waals surface area (Å²) in [4.78, 5) is 23.4. The number of unbranched alkanes of at least 4 members (excludes halogenated alkanes) is 1. The number of carbonyl (C=O) groups excluding carboxylic acids is 2. The van der Waals surface area contributed by atoms with Gasteiger partial charge in [-0.1, -0.05) is 0 Å². The number of nitrogens with one attached hydrogen (secondary N) is 1. The monoisotopic (exact) mass is 229 g/mol. The minimum Gasteiger partial charge on any atom is -0.330 e. The van der Waals surface area contributed by atoms with Crippen LogP contribution in [0.15, 0.2) is 0 Å². The number of nitrogens with two attached hydrogens (primary N) is 1. The third kappa shape index (κ3) is 7.36. The van der Waals surface area contributed by atoms with Crippen molar-refractivity contribution >= 4 is 11.8 Å². The normalized spacial score (nSPS) is 10.2.